The summed E-state index contributed by atoms with van der Waals surface area (Å²) in [4.78, 5) is 12.9. The molecule has 27 heavy (non-hydrogen) atoms. The summed E-state index contributed by atoms with van der Waals surface area (Å²) >= 11 is 11.3. The van der Waals surface area contributed by atoms with E-state index in [-0.39, 0.29) is 5.56 Å². The molecule has 0 unspecified atom stereocenters. The van der Waals surface area contributed by atoms with Crippen molar-refractivity contribution in [3.63, 3.8) is 0 Å². The monoisotopic (exact) mass is 400 g/mol. The van der Waals surface area contributed by atoms with Crippen LogP contribution in [-0.2, 0) is 13.5 Å². The van der Waals surface area contributed by atoms with Gasteiger partial charge in [-0.2, -0.15) is 0 Å². The van der Waals surface area contributed by atoms with Crippen LogP contribution in [0.15, 0.2) is 59.4 Å². The molecule has 0 aliphatic carbocycles. The van der Waals surface area contributed by atoms with Gasteiger partial charge in [0.15, 0.2) is 5.11 Å². The highest BCUT2D eigenvalue weighted by Crippen LogP contribution is 2.14. The smallest absolute Gasteiger partial charge is 0.295 e. The molecule has 0 saturated heterocycles. The summed E-state index contributed by atoms with van der Waals surface area (Å²) in [6.07, 6.45) is 0.807. The third-order valence-corrected chi connectivity index (χ3v) is 4.90. The number of anilines is 1. The molecule has 0 aliphatic heterocycles. The number of para-hydroxylation sites is 1. The van der Waals surface area contributed by atoms with Crippen LogP contribution in [0.5, 0.6) is 0 Å². The van der Waals surface area contributed by atoms with Crippen molar-refractivity contribution in [1.82, 2.24) is 14.7 Å². The second kappa shape index (κ2) is 8.41. The summed E-state index contributed by atoms with van der Waals surface area (Å²) < 4.78 is 3.43. The van der Waals surface area contributed by atoms with E-state index in [1.807, 2.05) is 73.3 Å². The average Bonchev–Trinajstić information content (AvgIpc) is 2.87. The van der Waals surface area contributed by atoms with Gasteiger partial charge in [-0.1, -0.05) is 41.9 Å². The first kappa shape index (κ1) is 19.2. The maximum atomic E-state index is 12.9. The molecule has 0 amide bonds. The van der Waals surface area contributed by atoms with E-state index in [0.29, 0.717) is 17.3 Å². The summed E-state index contributed by atoms with van der Waals surface area (Å²) in [5.74, 6) is 0. The molecule has 7 heteroatoms. The molecule has 1 aromatic heterocycles. The van der Waals surface area contributed by atoms with E-state index in [1.165, 1.54) is 0 Å². The highest BCUT2D eigenvalue weighted by atomic mass is 35.5. The molecular weight excluding hydrogens is 380 g/mol. The summed E-state index contributed by atoms with van der Waals surface area (Å²) in [5.41, 5.74) is 3.12. The normalized spacial score (nSPS) is 10.6. The van der Waals surface area contributed by atoms with E-state index in [4.69, 9.17) is 23.8 Å². The minimum Gasteiger partial charge on any atom is -0.362 e. The van der Waals surface area contributed by atoms with Crippen LogP contribution in [-0.4, -0.2) is 21.0 Å². The molecule has 0 bridgehead atoms. The van der Waals surface area contributed by atoms with E-state index in [0.717, 1.165) is 28.4 Å². The molecule has 1 heterocycles. The summed E-state index contributed by atoms with van der Waals surface area (Å²) in [6.45, 7) is 2.55. The second-order valence-electron chi connectivity index (χ2n) is 6.19. The van der Waals surface area contributed by atoms with Gasteiger partial charge in [-0.15, -0.1) is 0 Å². The Morgan fingerprint density at radius 3 is 2.44 bits per heavy atom. The van der Waals surface area contributed by atoms with E-state index < -0.39 is 0 Å². The van der Waals surface area contributed by atoms with Crippen LogP contribution in [0.1, 0.15) is 11.3 Å². The fourth-order valence-corrected chi connectivity index (χ4v) is 3.17. The number of benzene rings is 2. The first-order chi connectivity index (χ1) is 13.0. The Bertz CT molecular complexity index is 993. The van der Waals surface area contributed by atoms with Crippen LogP contribution in [0, 0.1) is 6.92 Å². The van der Waals surface area contributed by atoms with Crippen molar-refractivity contribution in [3.8, 4) is 5.69 Å². The molecule has 0 saturated carbocycles. The standard InChI is InChI=1S/C20H21ClN4OS/c1-14-18(19(26)25(24(14)2)17-6-4-3-5-7-17)23-20(27)22-13-12-15-8-10-16(21)11-9-15/h3-11H,12-13H2,1-2H3,(H2,22,23,27). The summed E-state index contributed by atoms with van der Waals surface area (Å²) in [6, 6.07) is 17.2. The lowest BCUT2D eigenvalue weighted by atomic mass is 10.1. The van der Waals surface area contributed by atoms with Gasteiger partial charge in [0.1, 0.15) is 5.69 Å². The zero-order chi connectivity index (χ0) is 19.4. The highest BCUT2D eigenvalue weighted by Gasteiger charge is 2.16. The Labute approximate surface area is 168 Å². The van der Waals surface area contributed by atoms with E-state index in [2.05, 4.69) is 10.6 Å². The van der Waals surface area contributed by atoms with Crippen LogP contribution < -0.4 is 16.2 Å². The minimum atomic E-state index is -0.136. The first-order valence-corrected chi connectivity index (χ1v) is 9.39. The molecule has 3 rings (SSSR count). The predicted octanol–water partition coefficient (Wildman–Crippen LogP) is 3.67. The van der Waals surface area contributed by atoms with Crippen LogP contribution in [0.2, 0.25) is 5.02 Å². The van der Waals surface area contributed by atoms with Crippen molar-refractivity contribution >= 4 is 34.6 Å². The fraction of sp³-hybridized carbons (Fsp3) is 0.200. The van der Waals surface area contributed by atoms with Crippen LogP contribution in [0.3, 0.4) is 0 Å². The lowest BCUT2D eigenvalue weighted by molar-refractivity contribution is 0.630. The van der Waals surface area contributed by atoms with Crippen molar-refractivity contribution in [2.75, 3.05) is 11.9 Å². The van der Waals surface area contributed by atoms with Gasteiger partial charge in [0.05, 0.1) is 11.4 Å². The fourth-order valence-electron chi connectivity index (χ4n) is 2.84. The van der Waals surface area contributed by atoms with Gasteiger partial charge in [0, 0.05) is 18.6 Å². The number of hydrogen-bond donors (Lipinski definition) is 2. The van der Waals surface area contributed by atoms with Gasteiger partial charge in [-0.3, -0.25) is 9.48 Å². The van der Waals surface area contributed by atoms with Gasteiger partial charge < -0.3 is 10.6 Å². The van der Waals surface area contributed by atoms with Gasteiger partial charge in [-0.05, 0) is 55.4 Å². The molecule has 0 radical (unpaired) electrons. The van der Waals surface area contributed by atoms with E-state index in [9.17, 15) is 4.79 Å². The molecule has 2 aromatic carbocycles. The Balaban J connectivity index is 1.67. The van der Waals surface area contributed by atoms with Crippen molar-refractivity contribution in [3.05, 3.63) is 81.2 Å². The number of halogens is 1. The molecule has 0 spiro atoms. The van der Waals surface area contributed by atoms with Crippen LogP contribution in [0.4, 0.5) is 5.69 Å². The Morgan fingerprint density at radius 1 is 1.11 bits per heavy atom. The Hall–Kier alpha value is -2.57. The molecule has 2 N–H and O–H groups in total. The van der Waals surface area contributed by atoms with Crippen LogP contribution >= 0.6 is 23.8 Å². The van der Waals surface area contributed by atoms with Gasteiger partial charge in [0.2, 0.25) is 0 Å². The molecule has 0 atom stereocenters. The number of hydrogen-bond acceptors (Lipinski definition) is 2. The van der Waals surface area contributed by atoms with E-state index in [1.54, 1.807) is 4.68 Å². The molecule has 0 aliphatic rings. The first-order valence-electron chi connectivity index (χ1n) is 8.60. The second-order valence-corrected chi connectivity index (χ2v) is 7.04. The van der Waals surface area contributed by atoms with Gasteiger partial charge >= 0.3 is 0 Å². The lowest BCUT2D eigenvalue weighted by Crippen LogP contribution is -2.32. The van der Waals surface area contributed by atoms with Crippen molar-refractivity contribution in [2.45, 2.75) is 13.3 Å². The third kappa shape index (κ3) is 4.40. The van der Waals surface area contributed by atoms with E-state index >= 15 is 0 Å². The van der Waals surface area contributed by atoms with Crippen molar-refractivity contribution in [1.29, 1.82) is 0 Å². The van der Waals surface area contributed by atoms with Crippen molar-refractivity contribution in [2.24, 2.45) is 7.05 Å². The summed E-state index contributed by atoms with van der Waals surface area (Å²) in [7, 11) is 1.85. The van der Waals surface area contributed by atoms with Crippen molar-refractivity contribution < 1.29 is 0 Å². The largest absolute Gasteiger partial charge is 0.362 e. The quantitative estimate of drug-likeness (QED) is 0.641. The average molecular weight is 401 g/mol. The zero-order valence-corrected chi connectivity index (χ0v) is 16.8. The molecule has 0 fully saturated rings. The molecule has 3 aromatic rings. The predicted molar refractivity (Wildman–Crippen MR) is 115 cm³/mol. The number of nitrogens with zero attached hydrogens (tertiary/aromatic N) is 2. The number of thiocarbonyl (C=S) groups is 1. The number of nitrogens with one attached hydrogen (secondary N) is 2. The Kier molecular flexibility index (Phi) is 5.98. The Morgan fingerprint density at radius 2 is 1.78 bits per heavy atom. The lowest BCUT2D eigenvalue weighted by Gasteiger charge is -2.09. The maximum Gasteiger partial charge on any atom is 0.295 e. The van der Waals surface area contributed by atoms with Gasteiger partial charge in [0.25, 0.3) is 5.56 Å². The molecule has 5 nitrogen and oxygen atoms in total. The maximum absolute atomic E-state index is 12.9. The topological polar surface area (TPSA) is 51.0 Å². The number of aromatic nitrogens is 2. The highest BCUT2D eigenvalue weighted by molar-refractivity contribution is 7.80. The molecular formula is C20H21ClN4OS. The van der Waals surface area contributed by atoms with Gasteiger partial charge in [-0.25, -0.2) is 4.68 Å². The summed E-state index contributed by atoms with van der Waals surface area (Å²) in [5, 5.41) is 7.34. The zero-order valence-electron chi connectivity index (χ0n) is 15.2. The molecule has 140 valence electrons. The number of rotatable bonds is 5. The minimum absolute atomic E-state index is 0.136. The third-order valence-electron chi connectivity index (χ3n) is 4.41. The van der Waals surface area contributed by atoms with Crippen LogP contribution in [0.25, 0.3) is 5.69 Å². The SMILES string of the molecule is Cc1c(NC(=S)NCCc2ccc(Cl)cc2)c(=O)n(-c2ccccc2)n1C.